The van der Waals surface area contributed by atoms with Crippen molar-refractivity contribution in [2.45, 2.75) is 32.2 Å². The number of hydrogen-bond donors (Lipinski definition) is 3. The topological polar surface area (TPSA) is 138 Å². The van der Waals surface area contributed by atoms with Crippen LogP contribution in [0.5, 0.6) is 5.75 Å². The highest BCUT2D eigenvalue weighted by Gasteiger charge is 2.28. The fourth-order valence-corrected chi connectivity index (χ4v) is 8.21. The Morgan fingerprint density at radius 1 is 1.04 bits per heavy atom. The number of nitrogens with two attached hydrogens (primary N) is 1. The number of hydrogen-bond acceptors (Lipinski definition) is 12. The fraction of sp³-hybridized carbons (Fsp3) is 0.405. The number of anilines is 5. The molecule has 4 N–H and O–H groups in total. The quantitative estimate of drug-likeness (QED) is 0.161. The first-order valence-electron chi connectivity index (χ1n) is 17.4. The van der Waals surface area contributed by atoms with E-state index in [0.29, 0.717) is 50.8 Å². The molecule has 14 heteroatoms. The third-order valence-electron chi connectivity index (χ3n) is 9.80. The van der Waals surface area contributed by atoms with E-state index in [2.05, 4.69) is 66.4 Å². The SMILES string of the molecule is CCc1cc(Nc2ncc(Cl)c(Nc3ccc(/C(=C/N)c4ccncn4)cc3P(C)(C)=O)n2)c(OC)cc1N1CCC(N2CCN(C)CC2)CC1. The molecular weight excluding hydrogens is 683 g/mol. The minimum absolute atomic E-state index is 0.317. The first-order valence-corrected chi connectivity index (χ1v) is 20.4. The fourth-order valence-electron chi connectivity index (χ4n) is 6.91. The van der Waals surface area contributed by atoms with E-state index in [1.165, 1.54) is 23.8 Å². The van der Waals surface area contributed by atoms with Crippen molar-refractivity contribution in [2.24, 2.45) is 5.73 Å². The maximum absolute atomic E-state index is 13.6. The smallest absolute Gasteiger partial charge is 0.229 e. The molecule has 4 heterocycles. The molecule has 0 amide bonds. The van der Waals surface area contributed by atoms with E-state index >= 15 is 0 Å². The summed E-state index contributed by atoms with van der Waals surface area (Å²) in [5, 5.41) is 7.62. The molecule has 0 saturated carbocycles. The second-order valence-electron chi connectivity index (χ2n) is 13.5. The van der Waals surface area contributed by atoms with Gasteiger partial charge in [-0.3, -0.25) is 4.90 Å². The van der Waals surface area contributed by atoms with Gasteiger partial charge in [-0.15, -0.1) is 0 Å². The van der Waals surface area contributed by atoms with Crippen LogP contribution in [0.2, 0.25) is 5.02 Å². The molecule has 2 aromatic carbocycles. The highest BCUT2D eigenvalue weighted by atomic mass is 35.5. The van der Waals surface area contributed by atoms with Crippen LogP contribution in [0.3, 0.4) is 0 Å². The predicted octanol–water partition coefficient (Wildman–Crippen LogP) is 5.79. The summed E-state index contributed by atoms with van der Waals surface area (Å²) in [4.78, 5) is 25.1. The Labute approximate surface area is 305 Å². The zero-order valence-corrected chi connectivity index (χ0v) is 31.7. The maximum atomic E-state index is 13.6. The van der Waals surface area contributed by atoms with Gasteiger partial charge in [-0.05, 0) is 75.0 Å². The van der Waals surface area contributed by atoms with Gasteiger partial charge in [0.25, 0.3) is 0 Å². The van der Waals surface area contributed by atoms with Crippen molar-refractivity contribution in [3.8, 4) is 5.75 Å². The molecule has 2 fully saturated rings. The number of piperidine rings is 1. The zero-order valence-electron chi connectivity index (χ0n) is 30.1. The minimum Gasteiger partial charge on any atom is -0.494 e. The lowest BCUT2D eigenvalue weighted by atomic mass is 9.99. The highest BCUT2D eigenvalue weighted by molar-refractivity contribution is 7.70. The Kier molecular flexibility index (Phi) is 11.5. The van der Waals surface area contributed by atoms with Crippen LogP contribution < -0.4 is 31.3 Å². The first-order chi connectivity index (χ1) is 24.6. The molecule has 4 aromatic rings. The lowest BCUT2D eigenvalue weighted by Crippen LogP contribution is -2.52. The van der Waals surface area contributed by atoms with Gasteiger partial charge in [0.05, 0.1) is 30.4 Å². The van der Waals surface area contributed by atoms with E-state index in [4.69, 9.17) is 27.1 Å². The third-order valence-corrected chi connectivity index (χ3v) is 11.6. The molecule has 2 saturated heterocycles. The van der Waals surface area contributed by atoms with Crippen molar-refractivity contribution in [3.05, 3.63) is 83.2 Å². The first kappa shape index (κ1) is 36.6. The van der Waals surface area contributed by atoms with Crippen LogP contribution in [0, 0.1) is 0 Å². The van der Waals surface area contributed by atoms with Crippen LogP contribution in [0.4, 0.5) is 28.8 Å². The zero-order chi connectivity index (χ0) is 36.1. The molecule has 2 aromatic heterocycles. The van der Waals surface area contributed by atoms with Crippen molar-refractivity contribution in [3.63, 3.8) is 0 Å². The van der Waals surface area contributed by atoms with Crippen molar-refractivity contribution in [2.75, 3.05) is 82.3 Å². The number of likely N-dealkylation sites (N-methyl/N-ethyl adjacent to an activating group) is 1. The number of methoxy groups -OCH3 is 1. The van der Waals surface area contributed by atoms with Crippen molar-refractivity contribution < 1.29 is 9.30 Å². The van der Waals surface area contributed by atoms with Gasteiger partial charge in [0.2, 0.25) is 5.95 Å². The second kappa shape index (κ2) is 16.0. The van der Waals surface area contributed by atoms with E-state index < -0.39 is 7.14 Å². The number of nitrogens with one attached hydrogen (secondary N) is 2. The maximum Gasteiger partial charge on any atom is 0.229 e. The summed E-state index contributed by atoms with van der Waals surface area (Å²) in [6, 6.07) is 12.3. The number of benzene rings is 2. The number of rotatable bonds is 11. The van der Waals surface area contributed by atoms with Crippen LogP contribution in [-0.4, -0.2) is 103 Å². The molecule has 0 radical (unpaired) electrons. The van der Waals surface area contributed by atoms with Crippen LogP contribution in [0.1, 0.15) is 36.6 Å². The van der Waals surface area contributed by atoms with E-state index in [9.17, 15) is 4.57 Å². The standard InChI is InChI=1S/C37H48ClN10O2P/c1-6-25-19-32(34(50-3)21-33(25)48-13-10-27(11-14-48)47-17-15-46(2)16-18-47)44-37-41-23-29(38)36(45-37)43-31-8-7-26(20-35(31)51(4,5)49)28(22-39)30-9-12-40-24-42-30/h7-9,12,19-24,27H,6,10-11,13-18,39H2,1-5H3,(H2,41,43,44,45)/b28-22-. The molecule has 0 unspecified atom stereocenters. The molecule has 0 aliphatic carbocycles. The summed E-state index contributed by atoms with van der Waals surface area (Å²) in [6.45, 7) is 12.3. The number of piperazine rings is 1. The van der Waals surface area contributed by atoms with Crippen molar-refractivity contribution in [1.82, 2.24) is 29.7 Å². The molecular formula is C37H48ClN10O2P. The van der Waals surface area contributed by atoms with Gasteiger partial charge in [-0.1, -0.05) is 24.6 Å². The van der Waals surface area contributed by atoms with Crippen LogP contribution >= 0.6 is 18.7 Å². The Balaban J connectivity index is 1.22. The Bertz CT molecular complexity index is 1910. The van der Waals surface area contributed by atoms with E-state index in [0.717, 1.165) is 69.8 Å². The van der Waals surface area contributed by atoms with Crippen molar-refractivity contribution >= 4 is 58.4 Å². The van der Waals surface area contributed by atoms with E-state index in [-0.39, 0.29) is 0 Å². The summed E-state index contributed by atoms with van der Waals surface area (Å²) in [6.07, 6.45) is 9.34. The molecule has 0 spiro atoms. The molecule has 270 valence electrons. The lowest BCUT2D eigenvalue weighted by Gasteiger charge is -2.43. The second-order valence-corrected chi connectivity index (χ2v) is 17.1. The Morgan fingerprint density at radius 3 is 2.45 bits per heavy atom. The number of aryl methyl sites for hydroxylation is 1. The molecule has 0 bridgehead atoms. The molecule has 2 aliphatic heterocycles. The molecule has 51 heavy (non-hydrogen) atoms. The van der Waals surface area contributed by atoms with Gasteiger partial charge >= 0.3 is 0 Å². The Morgan fingerprint density at radius 2 is 1.80 bits per heavy atom. The molecule has 2 aliphatic rings. The number of nitrogens with zero attached hydrogens (tertiary/aromatic N) is 7. The normalized spacial score (nSPS) is 16.7. The third kappa shape index (κ3) is 8.47. The van der Waals surface area contributed by atoms with Gasteiger partial charge in [0.15, 0.2) is 5.82 Å². The molecule has 0 atom stereocenters. The summed E-state index contributed by atoms with van der Waals surface area (Å²) < 4.78 is 19.5. The van der Waals surface area contributed by atoms with Gasteiger partial charge in [-0.25, -0.2) is 15.0 Å². The van der Waals surface area contributed by atoms with E-state index in [1.807, 2.05) is 18.2 Å². The number of aromatic nitrogens is 4. The van der Waals surface area contributed by atoms with E-state index in [1.54, 1.807) is 38.9 Å². The van der Waals surface area contributed by atoms with Gasteiger partial charge in [0, 0.05) is 80.3 Å². The van der Waals surface area contributed by atoms with Gasteiger partial charge in [0.1, 0.15) is 24.2 Å². The highest BCUT2D eigenvalue weighted by Crippen LogP contribution is 2.41. The van der Waals surface area contributed by atoms with Crippen LogP contribution in [-0.2, 0) is 11.0 Å². The summed E-state index contributed by atoms with van der Waals surface area (Å²) in [5.74, 6) is 1.42. The Hall–Kier alpha value is -4.22. The van der Waals surface area contributed by atoms with Crippen LogP contribution in [0.15, 0.2) is 61.3 Å². The van der Waals surface area contributed by atoms with Crippen LogP contribution in [0.25, 0.3) is 5.57 Å². The van der Waals surface area contributed by atoms with Crippen molar-refractivity contribution in [1.29, 1.82) is 0 Å². The summed E-state index contributed by atoms with van der Waals surface area (Å²) >= 11 is 6.62. The minimum atomic E-state index is -2.78. The molecule has 12 nitrogen and oxygen atoms in total. The van der Waals surface area contributed by atoms with Gasteiger partial charge in [-0.2, -0.15) is 4.98 Å². The number of ether oxygens (including phenoxy) is 1. The van der Waals surface area contributed by atoms with Gasteiger partial charge < -0.3 is 35.5 Å². The average Bonchev–Trinajstić information content (AvgIpc) is 3.14. The monoisotopic (exact) mass is 730 g/mol. The summed E-state index contributed by atoms with van der Waals surface area (Å²) in [7, 11) is 1.11. The molecule has 6 rings (SSSR count). The average molecular weight is 731 g/mol. The largest absolute Gasteiger partial charge is 0.494 e. The lowest BCUT2D eigenvalue weighted by molar-refractivity contribution is 0.0982. The summed E-state index contributed by atoms with van der Waals surface area (Å²) in [5.41, 5.74) is 12.0. The predicted molar refractivity (Wildman–Crippen MR) is 209 cm³/mol. The number of halogens is 1.